The molecular formula is C13H11BrF3N3O2S. The molecule has 2 rings (SSSR count). The lowest BCUT2D eigenvalue weighted by atomic mass is 10.1. The van der Waals surface area contributed by atoms with Gasteiger partial charge in [-0.3, -0.25) is 13.8 Å². The molecule has 0 spiro atoms. The number of carbonyl (C=O) groups excluding carboxylic acids is 1. The number of amides is 1. The molecule has 2 aromatic rings. The number of rotatable bonds is 5. The van der Waals surface area contributed by atoms with Crippen LogP contribution >= 0.6 is 27.9 Å². The van der Waals surface area contributed by atoms with Crippen LogP contribution in [0.1, 0.15) is 15.9 Å². The summed E-state index contributed by atoms with van der Waals surface area (Å²) in [5, 5.41) is 3.98. The molecule has 0 saturated heterocycles. The number of benzene rings is 1. The van der Waals surface area contributed by atoms with Crippen LogP contribution in [0.5, 0.6) is 5.88 Å². The fourth-order valence-electron chi connectivity index (χ4n) is 1.82. The van der Waals surface area contributed by atoms with Crippen molar-refractivity contribution in [1.82, 2.24) is 14.1 Å². The van der Waals surface area contributed by atoms with E-state index in [-0.39, 0.29) is 40.3 Å². The van der Waals surface area contributed by atoms with Crippen LogP contribution in [0, 0.1) is 0 Å². The number of carbonyl (C=O) groups is 1. The molecule has 0 aliphatic rings. The van der Waals surface area contributed by atoms with Crippen molar-refractivity contribution in [3.63, 3.8) is 0 Å². The maximum absolute atomic E-state index is 12.7. The lowest BCUT2D eigenvalue weighted by Gasteiger charge is -2.14. The maximum atomic E-state index is 12.7. The topological polar surface area (TPSA) is 56.1 Å². The standard InChI is InChI=1S/C13H11BrF3N3O2S/c1-20-6-5-11(19-20)22-7-9-8(12(21)18-14)3-2-4-10(9)23-13(15,16)17/h2-6H,7H2,1H3,(H,18,21). The predicted molar refractivity (Wildman–Crippen MR) is 82.3 cm³/mol. The summed E-state index contributed by atoms with van der Waals surface area (Å²) >= 11 is 2.49. The van der Waals surface area contributed by atoms with E-state index in [1.54, 1.807) is 19.3 Å². The van der Waals surface area contributed by atoms with Gasteiger partial charge in [-0.25, -0.2) is 0 Å². The van der Waals surface area contributed by atoms with Crippen molar-refractivity contribution in [2.45, 2.75) is 17.0 Å². The maximum Gasteiger partial charge on any atom is 0.446 e. The van der Waals surface area contributed by atoms with Crippen LogP contribution in [0.2, 0.25) is 0 Å². The van der Waals surface area contributed by atoms with E-state index in [9.17, 15) is 18.0 Å². The zero-order chi connectivity index (χ0) is 17.0. The summed E-state index contributed by atoms with van der Waals surface area (Å²) in [6.45, 7) is -0.216. The highest BCUT2D eigenvalue weighted by Crippen LogP contribution is 2.39. The van der Waals surface area contributed by atoms with Crippen molar-refractivity contribution in [2.24, 2.45) is 7.05 Å². The minimum Gasteiger partial charge on any atom is -0.472 e. The molecule has 0 radical (unpaired) electrons. The van der Waals surface area contributed by atoms with Gasteiger partial charge in [0.15, 0.2) is 0 Å². The Morgan fingerprint density at radius 2 is 2.17 bits per heavy atom. The normalized spacial score (nSPS) is 11.3. The molecule has 23 heavy (non-hydrogen) atoms. The van der Waals surface area contributed by atoms with E-state index < -0.39 is 11.4 Å². The molecule has 1 amide bonds. The highest BCUT2D eigenvalue weighted by Gasteiger charge is 2.31. The first-order chi connectivity index (χ1) is 10.8. The number of aryl methyl sites for hydroxylation is 1. The highest BCUT2D eigenvalue weighted by molar-refractivity contribution is 9.08. The van der Waals surface area contributed by atoms with Crippen molar-refractivity contribution < 1.29 is 22.7 Å². The van der Waals surface area contributed by atoms with Crippen LogP contribution in [-0.2, 0) is 13.7 Å². The lowest BCUT2D eigenvalue weighted by Crippen LogP contribution is -2.16. The third kappa shape index (κ3) is 4.90. The smallest absolute Gasteiger partial charge is 0.446 e. The molecule has 10 heteroatoms. The van der Waals surface area contributed by atoms with Crippen LogP contribution in [-0.4, -0.2) is 21.2 Å². The molecule has 0 aliphatic heterocycles. The van der Waals surface area contributed by atoms with E-state index in [1.807, 2.05) is 0 Å². The molecule has 1 N–H and O–H groups in total. The molecule has 1 heterocycles. The number of nitrogens with one attached hydrogen (secondary N) is 1. The third-order valence-corrected chi connectivity index (χ3v) is 3.94. The second-order valence-corrected chi connectivity index (χ2v) is 5.87. The number of ether oxygens (including phenoxy) is 1. The van der Waals surface area contributed by atoms with Crippen molar-refractivity contribution in [3.05, 3.63) is 41.6 Å². The molecule has 124 valence electrons. The summed E-state index contributed by atoms with van der Waals surface area (Å²) in [7, 11) is 1.68. The Kier molecular flexibility index (Phi) is 5.58. The number of aromatic nitrogens is 2. The van der Waals surface area contributed by atoms with E-state index in [4.69, 9.17) is 4.74 Å². The Bertz CT molecular complexity index is 706. The van der Waals surface area contributed by atoms with Gasteiger partial charge in [0.05, 0.1) is 0 Å². The Hall–Kier alpha value is -1.68. The van der Waals surface area contributed by atoms with Gasteiger partial charge in [-0.2, -0.15) is 13.2 Å². The minimum absolute atomic E-state index is 0.0899. The molecule has 0 unspecified atom stereocenters. The predicted octanol–water partition coefficient (Wildman–Crippen LogP) is 3.65. The minimum atomic E-state index is -4.47. The van der Waals surface area contributed by atoms with Crippen molar-refractivity contribution in [2.75, 3.05) is 0 Å². The van der Waals surface area contributed by atoms with E-state index in [0.29, 0.717) is 0 Å². The summed E-state index contributed by atoms with van der Waals surface area (Å²) in [6, 6.07) is 5.67. The van der Waals surface area contributed by atoms with E-state index >= 15 is 0 Å². The summed E-state index contributed by atoms with van der Waals surface area (Å²) in [5.41, 5.74) is -4.24. The average molecular weight is 410 g/mol. The number of hydrogen-bond acceptors (Lipinski definition) is 4. The number of alkyl halides is 3. The van der Waals surface area contributed by atoms with Crippen LogP contribution in [0.15, 0.2) is 35.4 Å². The van der Waals surface area contributed by atoms with E-state index in [2.05, 4.69) is 25.6 Å². The molecule has 1 aromatic heterocycles. The molecule has 1 aromatic carbocycles. The van der Waals surface area contributed by atoms with Gasteiger partial charge in [0.1, 0.15) is 6.61 Å². The number of nitrogens with zero attached hydrogens (tertiary/aromatic N) is 2. The average Bonchev–Trinajstić information content (AvgIpc) is 2.89. The fraction of sp³-hybridized carbons (Fsp3) is 0.231. The first-order valence-corrected chi connectivity index (χ1v) is 7.82. The zero-order valence-electron chi connectivity index (χ0n) is 11.7. The molecule has 0 aliphatic carbocycles. The Morgan fingerprint density at radius 1 is 1.43 bits per heavy atom. The number of thioether (sulfide) groups is 1. The first-order valence-electron chi connectivity index (χ1n) is 6.21. The zero-order valence-corrected chi connectivity index (χ0v) is 14.1. The third-order valence-electron chi connectivity index (χ3n) is 2.74. The molecule has 5 nitrogen and oxygen atoms in total. The SMILES string of the molecule is Cn1ccc(OCc2c(SC(F)(F)F)cccc2C(=O)NBr)n1. The molecule has 0 fully saturated rings. The van der Waals surface area contributed by atoms with Gasteiger partial charge in [-0.1, -0.05) is 6.07 Å². The second kappa shape index (κ2) is 7.26. The molecule has 0 atom stereocenters. The summed E-state index contributed by atoms with van der Waals surface area (Å²) < 4.78 is 47.2. The van der Waals surface area contributed by atoms with Crippen LogP contribution in [0.25, 0.3) is 0 Å². The van der Waals surface area contributed by atoms with Crippen molar-refractivity contribution in [3.8, 4) is 5.88 Å². The van der Waals surface area contributed by atoms with E-state index in [0.717, 1.165) is 0 Å². The molecule has 0 saturated carbocycles. The van der Waals surface area contributed by atoms with Crippen LogP contribution in [0.3, 0.4) is 0 Å². The first kappa shape index (κ1) is 17.7. The van der Waals surface area contributed by atoms with Crippen molar-refractivity contribution >= 4 is 33.8 Å². The second-order valence-electron chi connectivity index (χ2n) is 4.37. The van der Waals surface area contributed by atoms with Gasteiger partial charge in [-0.15, -0.1) is 5.10 Å². The van der Waals surface area contributed by atoms with Gasteiger partial charge in [0.25, 0.3) is 5.91 Å². The van der Waals surface area contributed by atoms with Gasteiger partial charge in [-0.05, 0) is 23.9 Å². The summed E-state index contributed by atoms with van der Waals surface area (Å²) in [4.78, 5) is 11.7. The van der Waals surface area contributed by atoms with Gasteiger partial charge < -0.3 is 4.74 Å². The fourth-order valence-corrected chi connectivity index (χ4v) is 2.72. The summed E-state index contributed by atoms with van der Waals surface area (Å²) in [6.07, 6.45) is 1.64. The van der Waals surface area contributed by atoms with Gasteiger partial charge in [0, 0.05) is 51.5 Å². The number of halogens is 4. The lowest BCUT2D eigenvalue weighted by molar-refractivity contribution is -0.0328. The van der Waals surface area contributed by atoms with Crippen molar-refractivity contribution in [1.29, 1.82) is 0 Å². The Labute approximate surface area is 142 Å². The van der Waals surface area contributed by atoms with Gasteiger partial charge >= 0.3 is 5.51 Å². The van der Waals surface area contributed by atoms with Crippen LogP contribution < -0.4 is 9.08 Å². The quantitative estimate of drug-likeness (QED) is 0.604. The monoisotopic (exact) mass is 409 g/mol. The molecular weight excluding hydrogens is 399 g/mol. The Morgan fingerprint density at radius 3 is 2.74 bits per heavy atom. The van der Waals surface area contributed by atoms with E-state index in [1.165, 1.54) is 22.9 Å². The highest BCUT2D eigenvalue weighted by atomic mass is 79.9. The largest absolute Gasteiger partial charge is 0.472 e. The van der Waals surface area contributed by atoms with Crippen LogP contribution in [0.4, 0.5) is 13.2 Å². The molecule has 0 bridgehead atoms. The Balaban J connectivity index is 2.33. The summed E-state index contributed by atoms with van der Waals surface area (Å²) in [5.74, 6) is -0.307. The van der Waals surface area contributed by atoms with Gasteiger partial charge in [0.2, 0.25) is 5.88 Å². The number of hydrogen-bond donors (Lipinski definition) is 1.